The second kappa shape index (κ2) is 9.93. The fourth-order valence-corrected chi connectivity index (χ4v) is 7.03. The topological polar surface area (TPSA) is 103 Å². The third-order valence-corrected chi connectivity index (χ3v) is 9.23. The number of nitrogens with zero attached hydrogens (tertiary/aromatic N) is 4. The van der Waals surface area contributed by atoms with Crippen LogP contribution in [-0.4, -0.2) is 77.5 Å². The summed E-state index contributed by atoms with van der Waals surface area (Å²) in [4.78, 5) is 31.9. The van der Waals surface area contributed by atoms with Crippen LogP contribution in [0.4, 0.5) is 5.13 Å². The maximum atomic E-state index is 13.1. The van der Waals surface area contributed by atoms with Gasteiger partial charge >= 0.3 is 0 Å². The summed E-state index contributed by atoms with van der Waals surface area (Å²) in [5, 5.41) is 5.16. The van der Waals surface area contributed by atoms with Crippen LogP contribution in [0.1, 0.15) is 51.4 Å². The van der Waals surface area contributed by atoms with Gasteiger partial charge in [0.2, 0.25) is 11.8 Å². The Morgan fingerprint density at radius 3 is 2.48 bits per heavy atom. The van der Waals surface area contributed by atoms with Gasteiger partial charge in [0.05, 0.1) is 6.54 Å². The number of hydrogen-bond donors (Lipinski definition) is 1. The van der Waals surface area contributed by atoms with E-state index in [9.17, 15) is 18.0 Å². The first-order valence-electron chi connectivity index (χ1n) is 11.2. The molecule has 3 aliphatic rings. The van der Waals surface area contributed by atoms with Gasteiger partial charge in [0.15, 0.2) is 5.13 Å². The molecule has 0 spiro atoms. The van der Waals surface area contributed by atoms with Crippen LogP contribution in [0.2, 0.25) is 0 Å². The Morgan fingerprint density at radius 1 is 1.10 bits per heavy atom. The van der Waals surface area contributed by atoms with Crippen molar-refractivity contribution in [2.75, 3.05) is 38.0 Å². The van der Waals surface area contributed by atoms with E-state index in [-0.39, 0.29) is 31.4 Å². The highest BCUT2D eigenvalue weighted by Gasteiger charge is 2.41. The summed E-state index contributed by atoms with van der Waals surface area (Å²) in [6.45, 7) is 1.27. The zero-order valence-corrected chi connectivity index (χ0v) is 19.4. The van der Waals surface area contributed by atoms with Gasteiger partial charge in [-0.25, -0.2) is 4.98 Å². The standard InChI is InChI=1S/C20H31N5O4S2/c26-18-15-24(31(28,29)23-9-4-5-10-23)11-12-25(18)17(14-16-6-2-1-3-7-16)19(27)22-20-21-8-13-30-20/h8,13,16-17H,1-7,9-12,14-15H2,(H,21,22,27)/t17-/m0/s1. The molecular weight excluding hydrogens is 438 g/mol. The van der Waals surface area contributed by atoms with Gasteiger partial charge in [-0.15, -0.1) is 11.3 Å². The second-order valence-electron chi connectivity index (χ2n) is 8.62. The molecule has 2 aliphatic heterocycles. The van der Waals surface area contributed by atoms with Crippen LogP contribution < -0.4 is 5.32 Å². The van der Waals surface area contributed by atoms with Crippen LogP contribution in [0.15, 0.2) is 11.6 Å². The van der Waals surface area contributed by atoms with Gasteiger partial charge in [0.25, 0.3) is 10.2 Å². The number of hydrogen-bond acceptors (Lipinski definition) is 6. The first kappa shape index (κ1) is 22.6. The molecule has 0 unspecified atom stereocenters. The van der Waals surface area contributed by atoms with Crippen molar-refractivity contribution in [3.05, 3.63) is 11.6 Å². The van der Waals surface area contributed by atoms with Gasteiger partial charge in [-0.1, -0.05) is 32.1 Å². The Hall–Kier alpha value is -1.56. The molecule has 1 N–H and O–H groups in total. The first-order chi connectivity index (χ1) is 14.9. The molecule has 4 rings (SSSR count). The lowest BCUT2D eigenvalue weighted by Gasteiger charge is -2.40. The highest BCUT2D eigenvalue weighted by molar-refractivity contribution is 7.86. The van der Waals surface area contributed by atoms with Crippen LogP contribution >= 0.6 is 11.3 Å². The molecule has 0 radical (unpaired) electrons. The van der Waals surface area contributed by atoms with Gasteiger partial charge in [-0.3, -0.25) is 9.59 Å². The van der Waals surface area contributed by atoms with Gasteiger partial charge in [-0.05, 0) is 25.2 Å². The summed E-state index contributed by atoms with van der Waals surface area (Å²) in [6.07, 6.45) is 9.62. The number of aromatic nitrogens is 1. The number of carbonyl (C=O) groups excluding carboxylic acids is 2. The predicted octanol–water partition coefficient (Wildman–Crippen LogP) is 1.91. The lowest BCUT2D eigenvalue weighted by atomic mass is 9.84. The number of nitrogens with one attached hydrogen (secondary N) is 1. The maximum Gasteiger partial charge on any atom is 0.282 e. The minimum atomic E-state index is -3.62. The molecule has 1 aliphatic carbocycles. The molecule has 2 saturated heterocycles. The van der Waals surface area contributed by atoms with E-state index < -0.39 is 16.3 Å². The van der Waals surface area contributed by atoms with Crippen LogP contribution in [0.5, 0.6) is 0 Å². The number of rotatable bonds is 7. The van der Waals surface area contributed by atoms with Crippen molar-refractivity contribution in [1.29, 1.82) is 0 Å². The lowest BCUT2D eigenvalue weighted by molar-refractivity contribution is -0.142. The van der Waals surface area contributed by atoms with Crippen molar-refractivity contribution in [1.82, 2.24) is 18.5 Å². The molecule has 9 nitrogen and oxygen atoms in total. The summed E-state index contributed by atoms with van der Waals surface area (Å²) in [5.74, 6) is -0.131. The molecule has 172 valence electrons. The van der Waals surface area contributed by atoms with Gasteiger partial charge < -0.3 is 10.2 Å². The maximum absolute atomic E-state index is 13.1. The number of anilines is 1. The minimum Gasteiger partial charge on any atom is -0.328 e. The molecule has 2 amide bonds. The highest BCUT2D eigenvalue weighted by atomic mass is 32.2. The van der Waals surface area contributed by atoms with E-state index in [4.69, 9.17) is 0 Å². The molecule has 1 aromatic rings. The molecule has 0 aromatic carbocycles. The van der Waals surface area contributed by atoms with Crippen molar-refractivity contribution < 1.29 is 18.0 Å². The van der Waals surface area contributed by atoms with E-state index >= 15 is 0 Å². The number of piperazine rings is 1. The zero-order chi connectivity index (χ0) is 21.8. The van der Waals surface area contributed by atoms with Crippen molar-refractivity contribution in [3.8, 4) is 0 Å². The quantitative estimate of drug-likeness (QED) is 0.657. The molecule has 3 heterocycles. The smallest absolute Gasteiger partial charge is 0.282 e. The molecular formula is C20H31N5O4S2. The van der Waals surface area contributed by atoms with Crippen molar-refractivity contribution in [2.45, 2.75) is 57.4 Å². The number of amides is 2. The fourth-order valence-electron chi connectivity index (χ4n) is 4.86. The lowest BCUT2D eigenvalue weighted by Crippen LogP contribution is -2.59. The molecule has 11 heteroatoms. The first-order valence-corrected chi connectivity index (χ1v) is 13.5. The van der Waals surface area contributed by atoms with E-state index in [2.05, 4.69) is 10.3 Å². The Bertz CT molecular complexity index is 864. The second-order valence-corrected chi connectivity index (χ2v) is 11.4. The van der Waals surface area contributed by atoms with Crippen molar-refractivity contribution >= 4 is 38.5 Å². The summed E-state index contributed by atoms with van der Waals surface area (Å²) >= 11 is 1.34. The summed E-state index contributed by atoms with van der Waals surface area (Å²) in [7, 11) is -3.62. The number of carbonyl (C=O) groups is 2. The van der Waals surface area contributed by atoms with E-state index in [1.165, 1.54) is 26.4 Å². The van der Waals surface area contributed by atoms with E-state index in [1.54, 1.807) is 16.5 Å². The summed E-state index contributed by atoms with van der Waals surface area (Å²) in [5.41, 5.74) is 0. The summed E-state index contributed by atoms with van der Waals surface area (Å²) in [6, 6.07) is -0.601. The average molecular weight is 470 g/mol. The van der Waals surface area contributed by atoms with E-state index in [1.807, 2.05) is 0 Å². The van der Waals surface area contributed by atoms with E-state index in [0.29, 0.717) is 30.6 Å². The van der Waals surface area contributed by atoms with Crippen LogP contribution in [0.3, 0.4) is 0 Å². The third-order valence-electron chi connectivity index (χ3n) is 6.56. The normalized spacial score (nSPS) is 23.2. The minimum absolute atomic E-state index is 0.204. The largest absolute Gasteiger partial charge is 0.328 e. The van der Waals surface area contributed by atoms with Crippen molar-refractivity contribution in [2.24, 2.45) is 5.92 Å². The Balaban J connectivity index is 1.46. The van der Waals surface area contributed by atoms with Crippen LogP contribution in [0.25, 0.3) is 0 Å². The SMILES string of the molecule is O=C(Nc1nccs1)[C@H](CC1CCCCC1)N1CCN(S(=O)(=O)N2CCCC2)CC1=O. The molecule has 0 bridgehead atoms. The van der Waals surface area contributed by atoms with Crippen LogP contribution in [-0.2, 0) is 19.8 Å². The molecule has 1 atom stereocenters. The third kappa shape index (κ3) is 5.27. The van der Waals surface area contributed by atoms with Gasteiger partial charge in [0.1, 0.15) is 6.04 Å². The molecule has 3 fully saturated rings. The molecule has 1 aromatic heterocycles. The monoisotopic (exact) mass is 469 g/mol. The van der Waals surface area contributed by atoms with Crippen LogP contribution in [0, 0.1) is 5.92 Å². The van der Waals surface area contributed by atoms with E-state index in [0.717, 1.165) is 38.5 Å². The fraction of sp³-hybridized carbons (Fsp3) is 0.750. The van der Waals surface area contributed by atoms with Gasteiger partial charge in [0, 0.05) is 37.8 Å². The Labute approximate surface area is 188 Å². The Morgan fingerprint density at radius 2 is 1.84 bits per heavy atom. The zero-order valence-electron chi connectivity index (χ0n) is 17.7. The number of thiazole rings is 1. The predicted molar refractivity (Wildman–Crippen MR) is 119 cm³/mol. The van der Waals surface area contributed by atoms with Crippen molar-refractivity contribution in [3.63, 3.8) is 0 Å². The van der Waals surface area contributed by atoms with Gasteiger partial charge in [-0.2, -0.15) is 17.0 Å². The Kier molecular flexibility index (Phi) is 7.25. The highest BCUT2D eigenvalue weighted by Crippen LogP contribution is 2.30. The molecule has 31 heavy (non-hydrogen) atoms. The summed E-state index contributed by atoms with van der Waals surface area (Å²) < 4.78 is 28.5. The molecule has 1 saturated carbocycles. The average Bonchev–Trinajstić information content (AvgIpc) is 3.47.